The van der Waals surface area contributed by atoms with E-state index < -0.39 is 10.1 Å². The van der Waals surface area contributed by atoms with Crippen molar-refractivity contribution in [1.82, 2.24) is 5.32 Å². The van der Waals surface area contributed by atoms with Crippen LogP contribution in [0.3, 0.4) is 0 Å². The first kappa shape index (κ1) is 12.4. The van der Waals surface area contributed by atoms with Crippen LogP contribution in [0.1, 0.15) is 26.2 Å². The van der Waals surface area contributed by atoms with Crippen LogP contribution in [0.4, 0.5) is 0 Å². The molecule has 0 aromatic heterocycles. The first-order chi connectivity index (χ1) is 5.92. The highest BCUT2D eigenvalue weighted by Gasteiger charge is 1.95. The molecule has 1 N–H and O–H groups in total. The maximum absolute atomic E-state index is 10.4. The quantitative estimate of drug-likeness (QED) is 0.485. The Bertz CT molecular complexity index is 247. The minimum absolute atomic E-state index is 0.101. The number of hydrogen-bond donors (Lipinski definition) is 1. The normalized spacial score (nSPS) is 11.2. The lowest BCUT2D eigenvalue weighted by Gasteiger charge is -2.05. The van der Waals surface area contributed by atoms with Crippen LogP contribution in [0, 0.1) is 0 Å². The van der Waals surface area contributed by atoms with Crippen LogP contribution in [0.25, 0.3) is 0 Å². The first-order valence-electron chi connectivity index (χ1n) is 4.10. The standard InChI is InChI=1S/C7H15NO4S/c1-7(9)8-5-3-2-4-6-13(10,11)12/h2-6H2,1H3,(H,8,9)(H,10,11,12)/p-1. The van der Waals surface area contributed by atoms with Crippen LogP contribution in [-0.2, 0) is 14.9 Å². The van der Waals surface area contributed by atoms with Gasteiger partial charge in [-0.05, 0) is 12.8 Å². The molecule has 0 saturated carbocycles. The lowest BCUT2D eigenvalue weighted by Crippen LogP contribution is -2.20. The molecule has 6 heteroatoms. The molecule has 78 valence electrons. The molecule has 0 atom stereocenters. The highest BCUT2D eigenvalue weighted by Crippen LogP contribution is 1.96. The van der Waals surface area contributed by atoms with Gasteiger partial charge in [0.15, 0.2) is 0 Å². The summed E-state index contributed by atoms with van der Waals surface area (Å²) in [6, 6.07) is 0. The molecule has 0 bridgehead atoms. The molecule has 0 rings (SSSR count). The van der Waals surface area contributed by atoms with E-state index in [0.29, 0.717) is 25.8 Å². The van der Waals surface area contributed by atoms with Gasteiger partial charge in [0.1, 0.15) is 0 Å². The summed E-state index contributed by atoms with van der Waals surface area (Å²) >= 11 is 0. The Morgan fingerprint density at radius 2 is 1.92 bits per heavy atom. The molecule has 0 saturated heterocycles. The van der Waals surface area contributed by atoms with Crippen molar-refractivity contribution in [1.29, 1.82) is 0 Å². The second kappa shape index (κ2) is 5.93. The minimum atomic E-state index is -4.06. The van der Waals surface area contributed by atoms with Crippen molar-refractivity contribution in [2.24, 2.45) is 0 Å². The summed E-state index contributed by atoms with van der Waals surface area (Å²) in [5.74, 6) is -0.413. The molecule has 0 aliphatic heterocycles. The highest BCUT2D eigenvalue weighted by atomic mass is 32.2. The fourth-order valence-electron chi connectivity index (χ4n) is 0.845. The Morgan fingerprint density at radius 1 is 1.31 bits per heavy atom. The van der Waals surface area contributed by atoms with E-state index in [0.717, 1.165) is 0 Å². The zero-order chi connectivity index (χ0) is 10.3. The van der Waals surface area contributed by atoms with Gasteiger partial charge in [-0.15, -0.1) is 0 Å². The van der Waals surface area contributed by atoms with E-state index in [1.165, 1.54) is 6.92 Å². The van der Waals surface area contributed by atoms with Gasteiger partial charge in [0, 0.05) is 19.2 Å². The van der Waals surface area contributed by atoms with Gasteiger partial charge in [-0.1, -0.05) is 6.42 Å². The fraction of sp³-hybridized carbons (Fsp3) is 0.857. The molecule has 0 aliphatic carbocycles. The molecule has 0 fully saturated rings. The van der Waals surface area contributed by atoms with E-state index in [-0.39, 0.29) is 11.7 Å². The third-order valence-corrected chi connectivity index (χ3v) is 2.23. The molecule has 0 aromatic rings. The van der Waals surface area contributed by atoms with Crippen molar-refractivity contribution in [3.63, 3.8) is 0 Å². The summed E-state index contributed by atoms with van der Waals surface area (Å²) < 4.78 is 30.4. The highest BCUT2D eigenvalue weighted by molar-refractivity contribution is 7.85. The van der Waals surface area contributed by atoms with Crippen LogP contribution < -0.4 is 5.32 Å². The summed E-state index contributed by atoms with van der Waals surface area (Å²) in [7, 11) is -4.06. The fourth-order valence-corrected chi connectivity index (χ4v) is 1.40. The monoisotopic (exact) mass is 208 g/mol. The average Bonchev–Trinajstić information content (AvgIpc) is 1.93. The van der Waals surface area contributed by atoms with Crippen molar-refractivity contribution in [2.75, 3.05) is 12.3 Å². The van der Waals surface area contributed by atoms with Crippen molar-refractivity contribution in [2.45, 2.75) is 26.2 Å². The molecule has 0 spiro atoms. The van der Waals surface area contributed by atoms with E-state index in [4.69, 9.17) is 0 Å². The second-order valence-corrected chi connectivity index (χ2v) is 4.33. The van der Waals surface area contributed by atoms with Crippen molar-refractivity contribution in [3.05, 3.63) is 0 Å². The second-order valence-electron chi connectivity index (χ2n) is 2.81. The molecule has 13 heavy (non-hydrogen) atoms. The van der Waals surface area contributed by atoms with E-state index in [1.54, 1.807) is 0 Å². The predicted octanol–water partition coefficient (Wildman–Crippen LogP) is -0.162. The molecule has 0 aliphatic rings. The van der Waals surface area contributed by atoms with Crippen LogP contribution in [0.15, 0.2) is 0 Å². The summed E-state index contributed by atoms with van der Waals surface area (Å²) in [5.41, 5.74) is 0. The number of carbonyl (C=O) groups excluding carboxylic acids is 1. The van der Waals surface area contributed by atoms with Gasteiger partial charge in [-0.2, -0.15) is 0 Å². The van der Waals surface area contributed by atoms with Crippen molar-refractivity contribution < 1.29 is 17.8 Å². The van der Waals surface area contributed by atoms with Crippen LogP contribution in [0.5, 0.6) is 0 Å². The van der Waals surface area contributed by atoms with Crippen molar-refractivity contribution in [3.8, 4) is 0 Å². The zero-order valence-corrected chi connectivity index (χ0v) is 8.39. The summed E-state index contributed by atoms with van der Waals surface area (Å²) in [4.78, 5) is 10.4. The third kappa shape index (κ3) is 11.4. The maximum Gasteiger partial charge on any atom is 0.216 e. The lowest BCUT2D eigenvalue weighted by molar-refractivity contribution is -0.118. The number of amides is 1. The Morgan fingerprint density at radius 3 is 2.38 bits per heavy atom. The smallest absolute Gasteiger partial charge is 0.216 e. The maximum atomic E-state index is 10.4. The molecule has 0 heterocycles. The zero-order valence-electron chi connectivity index (χ0n) is 7.58. The minimum Gasteiger partial charge on any atom is -0.748 e. The van der Waals surface area contributed by atoms with Crippen molar-refractivity contribution >= 4 is 16.0 Å². The summed E-state index contributed by atoms with van der Waals surface area (Å²) in [6.07, 6.45) is 1.71. The molecule has 0 aromatic carbocycles. The molecule has 1 amide bonds. The van der Waals surface area contributed by atoms with Gasteiger partial charge in [0.25, 0.3) is 0 Å². The van der Waals surface area contributed by atoms with Crippen LogP contribution >= 0.6 is 0 Å². The Hall–Kier alpha value is -0.620. The van der Waals surface area contributed by atoms with Crippen LogP contribution in [0.2, 0.25) is 0 Å². The first-order valence-corrected chi connectivity index (χ1v) is 5.67. The number of unbranched alkanes of at least 4 members (excludes halogenated alkanes) is 2. The molecular weight excluding hydrogens is 194 g/mol. The SMILES string of the molecule is CC(=O)NCCCCCS(=O)(=O)[O-]. The van der Waals surface area contributed by atoms with Gasteiger partial charge < -0.3 is 9.87 Å². The number of carbonyl (C=O) groups is 1. The van der Waals surface area contributed by atoms with Gasteiger partial charge in [-0.3, -0.25) is 4.79 Å². The number of hydrogen-bond acceptors (Lipinski definition) is 4. The Kier molecular flexibility index (Phi) is 5.65. The number of rotatable bonds is 6. The predicted molar refractivity (Wildman–Crippen MR) is 47.1 cm³/mol. The van der Waals surface area contributed by atoms with E-state index in [2.05, 4.69) is 5.32 Å². The van der Waals surface area contributed by atoms with Gasteiger partial charge in [0.2, 0.25) is 5.91 Å². The largest absolute Gasteiger partial charge is 0.748 e. The summed E-state index contributed by atoms with van der Waals surface area (Å²) in [6.45, 7) is 1.95. The topological polar surface area (TPSA) is 86.3 Å². The molecule has 0 radical (unpaired) electrons. The van der Waals surface area contributed by atoms with Gasteiger partial charge in [-0.25, -0.2) is 8.42 Å². The lowest BCUT2D eigenvalue weighted by atomic mass is 10.2. The third-order valence-electron chi connectivity index (χ3n) is 1.45. The number of nitrogens with one attached hydrogen (secondary N) is 1. The molecule has 5 nitrogen and oxygen atoms in total. The van der Waals surface area contributed by atoms with Gasteiger partial charge in [0.05, 0.1) is 10.1 Å². The Labute approximate surface area is 78.3 Å². The van der Waals surface area contributed by atoms with Crippen LogP contribution in [-0.4, -0.2) is 31.2 Å². The molecule has 0 unspecified atom stereocenters. The van der Waals surface area contributed by atoms with E-state index >= 15 is 0 Å². The molecular formula is C7H14NO4S-. The van der Waals surface area contributed by atoms with E-state index in [1.807, 2.05) is 0 Å². The Balaban J connectivity index is 3.23. The van der Waals surface area contributed by atoms with E-state index in [9.17, 15) is 17.8 Å². The average molecular weight is 208 g/mol. The van der Waals surface area contributed by atoms with Gasteiger partial charge >= 0.3 is 0 Å². The summed E-state index contributed by atoms with van der Waals surface area (Å²) in [5, 5.41) is 2.58.